The first-order chi connectivity index (χ1) is 6.63. The zero-order valence-corrected chi connectivity index (χ0v) is 8.03. The lowest BCUT2D eigenvalue weighted by molar-refractivity contribution is 0.0922. The number of amides is 1. The highest BCUT2D eigenvalue weighted by molar-refractivity contribution is 5.95. The van der Waals surface area contributed by atoms with Crippen LogP contribution in [0.15, 0.2) is 24.3 Å². The maximum Gasteiger partial charge on any atom is 0.251 e. The van der Waals surface area contributed by atoms with Gasteiger partial charge in [0, 0.05) is 17.3 Å². The summed E-state index contributed by atoms with van der Waals surface area (Å²) >= 11 is 0. The smallest absolute Gasteiger partial charge is 0.251 e. The highest BCUT2D eigenvalue weighted by Crippen LogP contribution is 2.06. The van der Waals surface area contributed by atoms with Crippen molar-refractivity contribution in [2.24, 2.45) is 0 Å². The fourth-order valence-corrected chi connectivity index (χ4v) is 1.03. The van der Waals surface area contributed by atoms with Crippen LogP contribution in [0.5, 0.6) is 0 Å². The number of nitrogen functional groups attached to an aromatic ring is 1. The molecule has 4 N–H and O–H groups in total. The van der Waals surface area contributed by atoms with Crippen LogP contribution in [0.1, 0.15) is 17.3 Å². The number of nitrogens with two attached hydrogens (primary N) is 1. The number of carbonyl (C=O) groups is 1. The van der Waals surface area contributed by atoms with Gasteiger partial charge in [0.1, 0.15) is 0 Å². The van der Waals surface area contributed by atoms with Crippen molar-refractivity contribution >= 4 is 11.6 Å². The zero-order valence-electron chi connectivity index (χ0n) is 8.03. The molecule has 1 aromatic carbocycles. The second-order valence-electron chi connectivity index (χ2n) is 3.18. The molecule has 14 heavy (non-hydrogen) atoms. The molecule has 1 atom stereocenters. The van der Waals surface area contributed by atoms with Gasteiger partial charge in [-0.1, -0.05) is 6.07 Å². The molecule has 0 spiro atoms. The lowest BCUT2D eigenvalue weighted by atomic mass is 10.2. The van der Waals surface area contributed by atoms with E-state index in [1.807, 2.05) is 0 Å². The summed E-state index contributed by atoms with van der Waals surface area (Å²) in [7, 11) is 0. The molecule has 0 fully saturated rings. The third-order valence-corrected chi connectivity index (χ3v) is 1.80. The summed E-state index contributed by atoms with van der Waals surface area (Å²) in [5.74, 6) is -0.223. The van der Waals surface area contributed by atoms with Crippen molar-refractivity contribution in [3.8, 4) is 0 Å². The maximum atomic E-state index is 11.5. The van der Waals surface area contributed by atoms with Crippen molar-refractivity contribution in [1.29, 1.82) is 0 Å². The summed E-state index contributed by atoms with van der Waals surface area (Å²) in [6.07, 6.45) is 0. The number of carbonyl (C=O) groups excluding carboxylic acids is 1. The molecule has 1 aromatic rings. The molecule has 0 radical (unpaired) electrons. The number of aliphatic hydroxyl groups excluding tert-OH is 1. The molecule has 76 valence electrons. The number of hydrogen-bond acceptors (Lipinski definition) is 3. The molecule has 1 rings (SSSR count). The normalized spacial score (nSPS) is 12.1. The summed E-state index contributed by atoms with van der Waals surface area (Å²) in [6, 6.07) is 6.46. The van der Waals surface area contributed by atoms with Gasteiger partial charge in [0.2, 0.25) is 0 Å². The molecule has 4 heteroatoms. The van der Waals surface area contributed by atoms with E-state index in [-0.39, 0.29) is 18.6 Å². The summed E-state index contributed by atoms with van der Waals surface area (Å²) in [6.45, 7) is 1.65. The van der Waals surface area contributed by atoms with Crippen LogP contribution < -0.4 is 11.1 Å². The summed E-state index contributed by atoms with van der Waals surface area (Å²) < 4.78 is 0. The van der Waals surface area contributed by atoms with Gasteiger partial charge < -0.3 is 16.2 Å². The Morgan fingerprint density at radius 1 is 1.64 bits per heavy atom. The summed E-state index contributed by atoms with van der Waals surface area (Å²) in [5, 5.41) is 11.4. The van der Waals surface area contributed by atoms with Gasteiger partial charge in [-0.3, -0.25) is 4.79 Å². The topological polar surface area (TPSA) is 75.3 Å². The Labute approximate surface area is 82.7 Å². The van der Waals surface area contributed by atoms with Crippen LogP contribution in [0.3, 0.4) is 0 Å². The third kappa shape index (κ3) is 2.74. The Morgan fingerprint density at radius 2 is 2.36 bits per heavy atom. The molecule has 0 saturated carbocycles. The minimum Gasteiger partial charge on any atom is -0.399 e. The maximum absolute atomic E-state index is 11.5. The van der Waals surface area contributed by atoms with Gasteiger partial charge in [-0.05, 0) is 25.1 Å². The van der Waals surface area contributed by atoms with Gasteiger partial charge in [0.15, 0.2) is 0 Å². The van der Waals surface area contributed by atoms with Crippen molar-refractivity contribution in [2.75, 3.05) is 12.3 Å². The first-order valence-corrected chi connectivity index (χ1v) is 4.40. The summed E-state index contributed by atoms with van der Waals surface area (Å²) in [4.78, 5) is 11.5. The number of nitrogens with one attached hydrogen (secondary N) is 1. The van der Waals surface area contributed by atoms with Gasteiger partial charge in [0.05, 0.1) is 6.61 Å². The fraction of sp³-hybridized carbons (Fsp3) is 0.300. The fourth-order valence-electron chi connectivity index (χ4n) is 1.03. The molecule has 0 aromatic heterocycles. The van der Waals surface area contributed by atoms with Gasteiger partial charge in [0.25, 0.3) is 5.91 Å². The first-order valence-electron chi connectivity index (χ1n) is 4.40. The van der Waals surface area contributed by atoms with Crippen molar-refractivity contribution in [3.63, 3.8) is 0 Å². The lowest BCUT2D eigenvalue weighted by Crippen LogP contribution is -2.34. The minimum atomic E-state index is -0.246. The standard InChI is InChI=1S/C10H14N2O2/c1-7(6-13)12-10(14)8-3-2-4-9(11)5-8/h2-5,7,13H,6,11H2,1H3,(H,12,14). The zero-order chi connectivity index (χ0) is 10.6. The van der Waals surface area contributed by atoms with E-state index in [4.69, 9.17) is 10.8 Å². The Hall–Kier alpha value is -1.55. The molecule has 1 amide bonds. The van der Waals surface area contributed by atoms with Crippen LogP contribution in [0.4, 0.5) is 5.69 Å². The number of anilines is 1. The Morgan fingerprint density at radius 3 is 2.93 bits per heavy atom. The largest absolute Gasteiger partial charge is 0.399 e. The van der Waals surface area contributed by atoms with Crippen LogP contribution in [-0.2, 0) is 0 Å². The molecule has 0 saturated heterocycles. The summed E-state index contributed by atoms with van der Waals surface area (Å²) in [5.41, 5.74) is 6.59. The Kier molecular flexibility index (Phi) is 3.48. The quantitative estimate of drug-likeness (QED) is 0.609. The molecule has 4 nitrogen and oxygen atoms in total. The SMILES string of the molecule is CC(CO)NC(=O)c1cccc(N)c1. The molecule has 1 unspecified atom stereocenters. The predicted molar refractivity (Wildman–Crippen MR) is 54.9 cm³/mol. The van der Waals surface area contributed by atoms with Crippen LogP contribution in [0, 0.1) is 0 Å². The average Bonchev–Trinajstić information content (AvgIpc) is 2.17. The molecule has 0 aliphatic heterocycles. The van der Waals surface area contributed by atoms with Crippen molar-refractivity contribution in [3.05, 3.63) is 29.8 Å². The van der Waals surface area contributed by atoms with Crippen LogP contribution >= 0.6 is 0 Å². The van der Waals surface area contributed by atoms with E-state index in [1.165, 1.54) is 0 Å². The molecule has 0 heterocycles. The molecule has 0 aliphatic carbocycles. The highest BCUT2D eigenvalue weighted by Gasteiger charge is 2.08. The van der Waals surface area contributed by atoms with E-state index in [0.29, 0.717) is 11.3 Å². The third-order valence-electron chi connectivity index (χ3n) is 1.80. The Balaban J connectivity index is 2.70. The number of hydrogen-bond donors (Lipinski definition) is 3. The molecular formula is C10H14N2O2. The monoisotopic (exact) mass is 194 g/mol. The second kappa shape index (κ2) is 4.62. The van der Waals surface area contributed by atoms with Crippen molar-refractivity contribution < 1.29 is 9.90 Å². The van der Waals surface area contributed by atoms with Gasteiger partial charge in [-0.15, -0.1) is 0 Å². The van der Waals surface area contributed by atoms with Gasteiger partial charge in [-0.25, -0.2) is 0 Å². The van der Waals surface area contributed by atoms with Gasteiger partial charge >= 0.3 is 0 Å². The van der Waals surface area contributed by atoms with Crippen molar-refractivity contribution in [2.45, 2.75) is 13.0 Å². The minimum absolute atomic E-state index is 0.0753. The van der Waals surface area contributed by atoms with Crippen LogP contribution in [0.25, 0.3) is 0 Å². The van der Waals surface area contributed by atoms with E-state index >= 15 is 0 Å². The average molecular weight is 194 g/mol. The second-order valence-corrected chi connectivity index (χ2v) is 3.18. The molecule has 0 bridgehead atoms. The number of aliphatic hydroxyl groups is 1. The Bertz CT molecular complexity index is 326. The van der Waals surface area contributed by atoms with E-state index in [0.717, 1.165) is 0 Å². The van der Waals surface area contributed by atoms with Crippen LogP contribution in [-0.4, -0.2) is 23.7 Å². The van der Waals surface area contributed by atoms with E-state index in [9.17, 15) is 4.79 Å². The van der Waals surface area contributed by atoms with E-state index in [2.05, 4.69) is 5.32 Å². The highest BCUT2D eigenvalue weighted by atomic mass is 16.3. The lowest BCUT2D eigenvalue weighted by Gasteiger charge is -2.10. The first kappa shape index (κ1) is 10.5. The molecular weight excluding hydrogens is 180 g/mol. The van der Waals surface area contributed by atoms with E-state index < -0.39 is 0 Å². The molecule has 0 aliphatic rings. The predicted octanol–water partition coefficient (Wildman–Crippen LogP) is 0.379. The van der Waals surface area contributed by atoms with E-state index in [1.54, 1.807) is 31.2 Å². The van der Waals surface area contributed by atoms with Gasteiger partial charge in [-0.2, -0.15) is 0 Å². The number of benzene rings is 1. The van der Waals surface area contributed by atoms with Crippen LogP contribution in [0.2, 0.25) is 0 Å². The number of rotatable bonds is 3. The van der Waals surface area contributed by atoms with Crippen molar-refractivity contribution in [1.82, 2.24) is 5.32 Å².